The molecule has 1 amide bonds. The monoisotopic (exact) mass is 282 g/mol. The van der Waals surface area contributed by atoms with E-state index in [1.807, 2.05) is 61.5 Å². The van der Waals surface area contributed by atoms with Crippen molar-refractivity contribution in [2.75, 3.05) is 5.32 Å². The van der Waals surface area contributed by atoms with Crippen LogP contribution in [0.5, 0.6) is 0 Å². The number of para-hydroxylation sites is 1. The van der Waals surface area contributed by atoms with E-state index in [0.29, 0.717) is 0 Å². The van der Waals surface area contributed by atoms with Crippen molar-refractivity contribution < 1.29 is 9.63 Å². The Kier molecular flexibility index (Phi) is 5.10. The normalized spacial score (nSPS) is 12.1. The summed E-state index contributed by atoms with van der Waals surface area (Å²) < 4.78 is 0. The standard InChI is InChI=1S/C17H18N2O2/c1-13-8-10-15(11-9-13)12-18-21-14(2)17(20)19-16-6-4-3-5-7-16/h3-12,14H,1-2H3,(H,19,20)/b18-12-/t14-/m0/s1. The van der Waals surface area contributed by atoms with Gasteiger partial charge in [-0.2, -0.15) is 0 Å². The molecule has 1 atom stereocenters. The van der Waals surface area contributed by atoms with E-state index in [-0.39, 0.29) is 5.91 Å². The second kappa shape index (κ2) is 7.24. The van der Waals surface area contributed by atoms with Crippen molar-refractivity contribution in [2.45, 2.75) is 20.0 Å². The van der Waals surface area contributed by atoms with Crippen LogP contribution in [-0.4, -0.2) is 18.2 Å². The van der Waals surface area contributed by atoms with Crippen LogP contribution in [0.25, 0.3) is 0 Å². The first-order valence-electron chi connectivity index (χ1n) is 6.77. The van der Waals surface area contributed by atoms with Gasteiger partial charge in [0.1, 0.15) is 0 Å². The van der Waals surface area contributed by atoms with Gasteiger partial charge in [0.25, 0.3) is 5.91 Å². The van der Waals surface area contributed by atoms with E-state index in [2.05, 4.69) is 10.5 Å². The molecule has 0 bridgehead atoms. The summed E-state index contributed by atoms with van der Waals surface area (Å²) in [6, 6.07) is 17.1. The maximum atomic E-state index is 11.9. The summed E-state index contributed by atoms with van der Waals surface area (Å²) in [6.45, 7) is 3.68. The average Bonchev–Trinajstić information content (AvgIpc) is 2.50. The number of oxime groups is 1. The van der Waals surface area contributed by atoms with E-state index in [0.717, 1.165) is 11.3 Å². The lowest BCUT2D eigenvalue weighted by molar-refractivity contribution is -0.126. The molecular formula is C17H18N2O2. The van der Waals surface area contributed by atoms with E-state index >= 15 is 0 Å². The third kappa shape index (κ3) is 4.76. The van der Waals surface area contributed by atoms with Crippen molar-refractivity contribution in [3.63, 3.8) is 0 Å². The number of hydrogen-bond acceptors (Lipinski definition) is 3. The van der Waals surface area contributed by atoms with Gasteiger partial charge in [0.2, 0.25) is 6.10 Å². The van der Waals surface area contributed by atoms with E-state index in [1.165, 1.54) is 5.56 Å². The summed E-state index contributed by atoms with van der Waals surface area (Å²) >= 11 is 0. The van der Waals surface area contributed by atoms with Crippen LogP contribution in [-0.2, 0) is 9.63 Å². The Labute approximate surface area is 124 Å². The smallest absolute Gasteiger partial charge is 0.267 e. The Bertz CT molecular complexity index is 606. The minimum absolute atomic E-state index is 0.234. The third-order valence-corrected chi connectivity index (χ3v) is 2.91. The minimum atomic E-state index is -0.660. The molecule has 0 saturated carbocycles. The molecule has 0 aliphatic heterocycles. The van der Waals surface area contributed by atoms with Gasteiger partial charge in [0.05, 0.1) is 6.21 Å². The topological polar surface area (TPSA) is 50.7 Å². The summed E-state index contributed by atoms with van der Waals surface area (Å²) in [5.41, 5.74) is 2.85. The SMILES string of the molecule is Cc1ccc(/C=N\O[C@@H](C)C(=O)Nc2ccccc2)cc1. The number of nitrogens with one attached hydrogen (secondary N) is 1. The van der Waals surface area contributed by atoms with Crippen molar-refractivity contribution in [2.24, 2.45) is 5.16 Å². The van der Waals surface area contributed by atoms with Crippen molar-refractivity contribution in [3.05, 3.63) is 65.7 Å². The van der Waals surface area contributed by atoms with E-state index in [4.69, 9.17) is 4.84 Å². The van der Waals surface area contributed by atoms with Crippen molar-refractivity contribution in [1.29, 1.82) is 0 Å². The Morgan fingerprint density at radius 2 is 1.81 bits per heavy atom. The van der Waals surface area contributed by atoms with Gasteiger partial charge in [-0.3, -0.25) is 4.79 Å². The zero-order valence-corrected chi connectivity index (χ0v) is 12.1. The minimum Gasteiger partial charge on any atom is -0.383 e. The van der Waals surface area contributed by atoms with Crippen LogP contribution >= 0.6 is 0 Å². The Morgan fingerprint density at radius 3 is 2.48 bits per heavy atom. The van der Waals surface area contributed by atoms with E-state index in [1.54, 1.807) is 13.1 Å². The van der Waals surface area contributed by atoms with Gasteiger partial charge in [0.15, 0.2) is 0 Å². The van der Waals surface area contributed by atoms with Gasteiger partial charge < -0.3 is 10.2 Å². The molecule has 0 aliphatic rings. The number of benzene rings is 2. The van der Waals surface area contributed by atoms with Crippen LogP contribution < -0.4 is 5.32 Å². The summed E-state index contributed by atoms with van der Waals surface area (Å²) in [5, 5.41) is 6.61. The number of carbonyl (C=O) groups is 1. The van der Waals surface area contributed by atoms with Crippen LogP contribution in [0.3, 0.4) is 0 Å². The van der Waals surface area contributed by atoms with Crippen molar-refractivity contribution in [3.8, 4) is 0 Å². The second-order valence-electron chi connectivity index (χ2n) is 4.75. The van der Waals surface area contributed by atoms with Crippen LogP contribution in [0, 0.1) is 6.92 Å². The lowest BCUT2D eigenvalue weighted by atomic mass is 10.2. The number of hydrogen-bond donors (Lipinski definition) is 1. The number of aryl methyl sites for hydroxylation is 1. The summed E-state index contributed by atoms with van der Waals surface area (Å²) in [4.78, 5) is 17.1. The first-order valence-corrected chi connectivity index (χ1v) is 6.77. The second-order valence-corrected chi connectivity index (χ2v) is 4.75. The molecule has 2 aromatic carbocycles. The fourth-order valence-electron chi connectivity index (χ4n) is 1.65. The molecule has 4 nitrogen and oxygen atoms in total. The largest absolute Gasteiger partial charge is 0.383 e. The first kappa shape index (κ1) is 14.8. The molecule has 2 aromatic rings. The molecule has 0 saturated heterocycles. The molecule has 0 spiro atoms. The number of nitrogens with zero attached hydrogens (tertiary/aromatic N) is 1. The molecule has 108 valence electrons. The summed E-state index contributed by atoms with van der Waals surface area (Å²) in [7, 11) is 0. The van der Waals surface area contributed by atoms with Gasteiger partial charge in [-0.1, -0.05) is 53.2 Å². The highest BCUT2D eigenvalue weighted by Crippen LogP contribution is 2.07. The predicted octanol–water partition coefficient (Wildman–Crippen LogP) is 3.37. The number of rotatable bonds is 5. The van der Waals surface area contributed by atoms with Crippen LogP contribution in [0.2, 0.25) is 0 Å². The maximum absolute atomic E-state index is 11.9. The highest BCUT2D eigenvalue weighted by atomic mass is 16.6. The highest BCUT2D eigenvalue weighted by Gasteiger charge is 2.13. The van der Waals surface area contributed by atoms with Gasteiger partial charge in [-0.15, -0.1) is 0 Å². The quantitative estimate of drug-likeness (QED) is 0.675. The fraction of sp³-hybridized carbons (Fsp3) is 0.176. The third-order valence-electron chi connectivity index (χ3n) is 2.91. The molecule has 0 fully saturated rings. The molecule has 1 N–H and O–H groups in total. The molecule has 2 rings (SSSR count). The van der Waals surface area contributed by atoms with Crippen LogP contribution in [0.4, 0.5) is 5.69 Å². The molecule has 4 heteroatoms. The predicted molar refractivity (Wildman–Crippen MR) is 84.4 cm³/mol. The molecule has 0 radical (unpaired) electrons. The molecule has 0 unspecified atom stereocenters. The maximum Gasteiger partial charge on any atom is 0.267 e. The molecule has 0 heterocycles. The van der Waals surface area contributed by atoms with Gasteiger partial charge in [-0.25, -0.2) is 0 Å². The van der Waals surface area contributed by atoms with Gasteiger partial charge in [0, 0.05) is 5.69 Å². The highest BCUT2D eigenvalue weighted by molar-refractivity contribution is 5.93. The van der Waals surface area contributed by atoms with E-state index in [9.17, 15) is 4.79 Å². The zero-order valence-electron chi connectivity index (χ0n) is 12.1. The zero-order chi connectivity index (χ0) is 15.1. The van der Waals surface area contributed by atoms with Gasteiger partial charge in [-0.05, 0) is 31.5 Å². The average molecular weight is 282 g/mol. The van der Waals surface area contributed by atoms with Gasteiger partial charge >= 0.3 is 0 Å². The molecular weight excluding hydrogens is 264 g/mol. The van der Waals surface area contributed by atoms with Crippen molar-refractivity contribution >= 4 is 17.8 Å². The number of carbonyl (C=O) groups excluding carboxylic acids is 1. The molecule has 0 aliphatic carbocycles. The van der Waals surface area contributed by atoms with Crippen molar-refractivity contribution in [1.82, 2.24) is 0 Å². The van der Waals surface area contributed by atoms with E-state index < -0.39 is 6.10 Å². The Balaban J connectivity index is 1.85. The summed E-state index contributed by atoms with van der Waals surface area (Å²) in [6.07, 6.45) is 0.929. The first-order chi connectivity index (χ1) is 10.1. The Morgan fingerprint density at radius 1 is 1.14 bits per heavy atom. The molecule has 21 heavy (non-hydrogen) atoms. The summed E-state index contributed by atoms with van der Waals surface area (Å²) in [5.74, 6) is -0.234. The lowest BCUT2D eigenvalue weighted by Gasteiger charge is -2.10. The Hall–Kier alpha value is -2.62. The van der Waals surface area contributed by atoms with Crippen LogP contribution in [0.1, 0.15) is 18.1 Å². The number of amides is 1. The molecule has 0 aromatic heterocycles. The fourth-order valence-corrected chi connectivity index (χ4v) is 1.65. The number of anilines is 1. The van der Waals surface area contributed by atoms with Crippen LogP contribution in [0.15, 0.2) is 59.8 Å². The lowest BCUT2D eigenvalue weighted by Crippen LogP contribution is -2.26.